The molecule has 2 aliphatic heterocycles. The summed E-state index contributed by atoms with van der Waals surface area (Å²) in [5.41, 5.74) is 2.36. The van der Waals surface area contributed by atoms with Crippen LogP contribution in [0, 0.1) is 0 Å². The van der Waals surface area contributed by atoms with Gasteiger partial charge in [0.25, 0.3) is 5.91 Å². The summed E-state index contributed by atoms with van der Waals surface area (Å²) >= 11 is 0. The number of imidazole rings is 1. The molecule has 156 valence electrons. The van der Waals surface area contributed by atoms with Crippen molar-refractivity contribution < 1.29 is 9.53 Å². The number of likely N-dealkylation sites (tertiary alicyclic amines) is 1. The van der Waals surface area contributed by atoms with Gasteiger partial charge in [0.05, 0.1) is 18.0 Å². The minimum atomic E-state index is 0.0479. The van der Waals surface area contributed by atoms with Gasteiger partial charge in [0.2, 0.25) is 0 Å². The third kappa shape index (κ3) is 4.03. The predicted octanol–water partition coefficient (Wildman–Crippen LogP) is 2.87. The van der Waals surface area contributed by atoms with Crippen molar-refractivity contribution in [3.8, 4) is 0 Å². The Labute approximate surface area is 172 Å². The zero-order chi connectivity index (χ0) is 19.6. The maximum atomic E-state index is 13.2. The van der Waals surface area contributed by atoms with Crippen LogP contribution in [-0.4, -0.2) is 75.7 Å². The first-order valence-electron chi connectivity index (χ1n) is 11.2. The van der Waals surface area contributed by atoms with Gasteiger partial charge in [-0.15, -0.1) is 0 Å². The Morgan fingerprint density at radius 2 is 1.90 bits per heavy atom. The number of pyridine rings is 1. The van der Waals surface area contributed by atoms with Gasteiger partial charge >= 0.3 is 0 Å². The zero-order valence-corrected chi connectivity index (χ0v) is 17.1. The number of hydrogen-bond acceptors (Lipinski definition) is 5. The van der Waals surface area contributed by atoms with Gasteiger partial charge in [-0.2, -0.15) is 0 Å². The van der Waals surface area contributed by atoms with E-state index in [0.29, 0.717) is 18.2 Å². The van der Waals surface area contributed by atoms with Crippen molar-refractivity contribution in [2.24, 2.45) is 0 Å². The normalized spacial score (nSPS) is 24.4. The van der Waals surface area contributed by atoms with Crippen LogP contribution < -0.4 is 0 Å². The topological polar surface area (TPSA) is 63.5 Å². The molecule has 1 unspecified atom stereocenters. The molecule has 5 rings (SSSR count). The van der Waals surface area contributed by atoms with E-state index in [-0.39, 0.29) is 12.0 Å². The van der Waals surface area contributed by atoms with Gasteiger partial charge in [-0.1, -0.05) is 12.8 Å². The van der Waals surface area contributed by atoms with Gasteiger partial charge in [-0.25, -0.2) is 9.97 Å². The van der Waals surface area contributed by atoms with Crippen molar-refractivity contribution in [1.82, 2.24) is 24.3 Å². The summed E-state index contributed by atoms with van der Waals surface area (Å²) in [6, 6.07) is 2.42. The summed E-state index contributed by atoms with van der Waals surface area (Å²) < 4.78 is 8.24. The molecule has 7 nitrogen and oxygen atoms in total. The third-order valence-electron chi connectivity index (χ3n) is 6.68. The molecule has 3 aliphatic rings. The van der Waals surface area contributed by atoms with E-state index in [1.807, 2.05) is 17.3 Å². The molecular formula is C22H31N5O2. The van der Waals surface area contributed by atoms with Crippen LogP contribution in [0.3, 0.4) is 0 Å². The average molecular weight is 398 g/mol. The number of hydrogen-bond donors (Lipinski definition) is 0. The standard InChI is InChI=1S/C22H31N5O2/c28-22(26-10-5-11-29-19(15-26)14-25-8-3-4-9-25)17-12-20-21(23-13-17)27(16-24-20)18-6-1-2-7-18/h12-13,16,18-19H,1-11,14-15H2. The molecule has 3 fully saturated rings. The van der Waals surface area contributed by atoms with Gasteiger partial charge in [0, 0.05) is 38.5 Å². The zero-order valence-electron chi connectivity index (χ0n) is 17.1. The van der Waals surface area contributed by atoms with Crippen molar-refractivity contribution in [3.05, 3.63) is 24.2 Å². The van der Waals surface area contributed by atoms with E-state index >= 15 is 0 Å². The van der Waals surface area contributed by atoms with Gasteiger partial charge in [0.15, 0.2) is 5.65 Å². The van der Waals surface area contributed by atoms with Gasteiger partial charge in [-0.3, -0.25) is 4.79 Å². The molecule has 0 spiro atoms. The van der Waals surface area contributed by atoms with E-state index < -0.39 is 0 Å². The Bertz CT molecular complexity index is 854. The van der Waals surface area contributed by atoms with Crippen molar-refractivity contribution in [3.63, 3.8) is 0 Å². The molecule has 4 heterocycles. The highest BCUT2D eigenvalue weighted by molar-refractivity contribution is 5.96. The lowest BCUT2D eigenvalue weighted by atomic mass is 10.2. The second-order valence-corrected chi connectivity index (χ2v) is 8.76. The summed E-state index contributed by atoms with van der Waals surface area (Å²) in [5.74, 6) is 0.0479. The van der Waals surface area contributed by atoms with Crippen LogP contribution in [0.5, 0.6) is 0 Å². The van der Waals surface area contributed by atoms with E-state index in [4.69, 9.17) is 4.74 Å². The molecule has 0 bridgehead atoms. The quantitative estimate of drug-likeness (QED) is 0.794. The molecule has 1 amide bonds. The highest BCUT2D eigenvalue weighted by Crippen LogP contribution is 2.31. The number of amides is 1. The van der Waals surface area contributed by atoms with Gasteiger partial charge in [-0.05, 0) is 51.3 Å². The molecule has 29 heavy (non-hydrogen) atoms. The molecule has 7 heteroatoms. The van der Waals surface area contributed by atoms with Crippen LogP contribution in [0.2, 0.25) is 0 Å². The van der Waals surface area contributed by atoms with Crippen LogP contribution in [0.1, 0.15) is 61.3 Å². The first-order chi connectivity index (χ1) is 14.3. The molecule has 0 radical (unpaired) electrons. The van der Waals surface area contributed by atoms with Crippen molar-refractivity contribution in [2.75, 3.05) is 39.3 Å². The van der Waals surface area contributed by atoms with Gasteiger partial charge < -0.3 is 19.1 Å². The van der Waals surface area contributed by atoms with Crippen LogP contribution in [-0.2, 0) is 4.74 Å². The maximum absolute atomic E-state index is 13.2. The first kappa shape index (κ1) is 19.0. The number of aromatic nitrogens is 3. The Morgan fingerprint density at radius 1 is 1.07 bits per heavy atom. The molecule has 1 atom stereocenters. The number of ether oxygens (including phenoxy) is 1. The van der Waals surface area contributed by atoms with Crippen molar-refractivity contribution in [2.45, 2.75) is 57.1 Å². The molecule has 2 aromatic heterocycles. The summed E-state index contributed by atoms with van der Waals surface area (Å²) in [7, 11) is 0. The summed E-state index contributed by atoms with van der Waals surface area (Å²) in [6.45, 7) is 5.35. The Hall–Kier alpha value is -1.99. The fourth-order valence-corrected chi connectivity index (χ4v) is 5.11. The lowest BCUT2D eigenvalue weighted by molar-refractivity contribution is 0.0297. The average Bonchev–Trinajstić information content (AvgIpc) is 3.47. The Morgan fingerprint density at radius 3 is 2.72 bits per heavy atom. The summed E-state index contributed by atoms with van der Waals surface area (Å²) in [4.78, 5) is 26.8. The predicted molar refractivity (Wildman–Crippen MR) is 111 cm³/mol. The fraction of sp³-hybridized carbons (Fsp3) is 0.682. The van der Waals surface area contributed by atoms with E-state index in [2.05, 4.69) is 19.4 Å². The van der Waals surface area contributed by atoms with E-state index in [0.717, 1.165) is 50.4 Å². The Balaban J connectivity index is 1.31. The molecule has 1 aliphatic carbocycles. The number of carbonyl (C=O) groups is 1. The third-order valence-corrected chi connectivity index (χ3v) is 6.68. The second-order valence-electron chi connectivity index (χ2n) is 8.76. The van der Waals surface area contributed by atoms with Crippen molar-refractivity contribution >= 4 is 17.1 Å². The number of nitrogens with zero attached hydrogens (tertiary/aromatic N) is 5. The highest BCUT2D eigenvalue weighted by atomic mass is 16.5. The minimum absolute atomic E-state index is 0.0479. The summed E-state index contributed by atoms with van der Waals surface area (Å²) in [6.07, 6.45) is 12.1. The van der Waals surface area contributed by atoms with Crippen molar-refractivity contribution in [1.29, 1.82) is 0 Å². The fourth-order valence-electron chi connectivity index (χ4n) is 5.11. The molecular weight excluding hydrogens is 366 g/mol. The largest absolute Gasteiger partial charge is 0.375 e. The summed E-state index contributed by atoms with van der Waals surface area (Å²) in [5, 5.41) is 0. The Kier molecular flexibility index (Phi) is 5.50. The highest BCUT2D eigenvalue weighted by Gasteiger charge is 2.27. The number of carbonyl (C=O) groups excluding carboxylic acids is 1. The minimum Gasteiger partial charge on any atom is -0.375 e. The maximum Gasteiger partial charge on any atom is 0.255 e. The van der Waals surface area contributed by atoms with Crippen LogP contribution in [0.15, 0.2) is 18.6 Å². The second kappa shape index (κ2) is 8.40. The SMILES string of the molecule is O=C(c1cnc2c(c1)ncn2C1CCCC1)N1CCCOC(CN2CCCC2)C1. The monoisotopic (exact) mass is 397 g/mol. The van der Waals surface area contributed by atoms with Gasteiger partial charge in [0.1, 0.15) is 5.52 Å². The lowest BCUT2D eigenvalue weighted by Gasteiger charge is -2.27. The number of fused-ring (bicyclic) bond motifs is 1. The molecule has 1 saturated carbocycles. The van der Waals surface area contributed by atoms with E-state index in [1.54, 1.807) is 6.20 Å². The van der Waals surface area contributed by atoms with Crippen LogP contribution in [0.25, 0.3) is 11.2 Å². The number of rotatable bonds is 4. The molecule has 0 aromatic carbocycles. The molecule has 0 N–H and O–H groups in total. The van der Waals surface area contributed by atoms with E-state index in [9.17, 15) is 4.79 Å². The van der Waals surface area contributed by atoms with E-state index in [1.165, 1.54) is 38.5 Å². The molecule has 2 saturated heterocycles. The van der Waals surface area contributed by atoms with Crippen LogP contribution >= 0.6 is 0 Å². The van der Waals surface area contributed by atoms with Crippen LogP contribution in [0.4, 0.5) is 0 Å². The first-order valence-corrected chi connectivity index (χ1v) is 11.2. The smallest absolute Gasteiger partial charge is 0.255 e. The molecule has 2 aromatic rings. The lowest BCUT2D eigenvalue weighted by Crippen LogP contribution is -2.41.